The zero-order valence-electron chi connectivity index (χ0n) is 12.9. The standard InChI is InChI=1S/C17H28N2O/c1-3-18-11-14-8-6-5-7-9-17(14)15-10-16(20-4-2)13-19-12-15/h10,12-14,17-18H,3-9,11H2,1-2H3. The molecule has 1 aromatic heterocycles. The molecular weight excluding hydrogens is 248 g/mol. The van der Waals surface area contributed by atoms with Crippen LogP contribution < -0.4 is 10.1 Å². The van der Waals surface area contributed by atoms with Gasteiger partial charge in [-0.15, -0.1) is 0 Å². The monoisotopic (exact) mass is 276 g/mol. The second kappa shape index (κ2) is 8.25. The van der Waals surface area contributed by atoms with E-state index in [1.165, 1.54) is 37.7 Å². The molecule has 1 heterocycles. The summed E-state index contributed by atoms with van der Waals surface area (Å²) in [5, 5.41) is 3.53. The predicted octanol–water partition coefficient (Wildman–Crippen LogP) is 3.75. The Balaban J connectivity index is 2.14. The van der Waals surface area contributed by atoms with Crippen LogP contribution in [0.5, 0.6) is 5.75 Å². The minimum absolute atomic E-state index is 0.629. The Labute approximate surface area is 123 Å². The molecule has 1 aliphatic rings. The minimum atomic E-state index is 0.629. The molecule has 0 spiro atoms. The van der Waals surface area contributed by atoms with Crippen molar-refractivity contribution in [2.75, 3.05) is 19.7 Å². The summed E-state index contributed by atoms with van der Waals surface area (Å²) >= 11 is 0. The van der Waals surface area contributed by atoms with E-state index >= 15 is 0 Å². The third-order valence-electron chi connectivity index (χ3n) is 4.29. The SMILES string of the molecule is CCNCC1CCCCCC1c1cncc(OCC)c1. The summed E-state index contributed by atoms with van der Waals surface area (Å²) < 4.78 is 5.61. The van der Waals surface area contributed by atoms with Gasteiger partial charge in [0, 0.05) is 6.20 Å². The molecule has 1 aliphatic carbocycles. The van der Waals surface area contributed by atoms with Crippen LogP contribution in [0.4, 0.5) is 0 Å². The van der Waals surface area contributed by atoms with Crippen molar-refractivity contribution in [2.45, 2.75) is 51.9 Å². The highest BCUT2D eigenvalue weighted by atomic mass is 16.5. The molecule has 2 rings (SSSR count). The van der Waals surface area contributed by atoms with Crippen molar-refractivity contribution in [3.05, 3.63) is 24.0 Å². The summed E-state index contributed by atoms with van der Waals surface area (Å²) in [4.78, 5) is 4.38. The van der Waals surface area contributed by atoms with Crippen LogP contribution in [-0.2, 0) is 0 Å². The molecule has 1 aromatic rings. The molecule has 20 heavy (non-hydrogen) atoms. The zero-order valence-corrected chi connectivity index (χ0v) is 12.9. The average Bonchev–Trinajstić information content (AvgIpc) is 2.71. The normalized spacial score (nSPS) is 23.3. The molecule has 0 aliphatic heterocycles. The van der Waals surface area contributed by atoms with E-state index in [1.54, 1.807) is 0 Å². The molecule has 1 N–H and O–H groups in total. The first kappa shape index (κ1) is 15.3. The lowest BCUT2D eigenvalue weighted by Crippen LogP contribution is -2.26. The molecule has 0 amide bonds. The van der Waals surface area contributed by atoms with Crippen LogP contribution in [0.15, 0.2) is 18.5 Å². The smallest absolute Gasteiger partial charge is 0.137 e. The first-order chi connectivity index (χ1) is 9.85. The van der Waals surface area contributed by atoms with Crippen molar-refractivity contribution in [3.63, 3.8) is 0 Å². The highest BCUT2D eigenvalue weighted by molar-refractivity contribution is 5.27. The number of aromatic nitrogens is 1. The highest BCUT2D eigenvalue weighted by Gasteiger charge is 2.25. The van der Waals surface area contributed by atoms with Crippen molar-refractivity contribution in [1.82, 2.24) is 10.3 Å². The molecule has 2 unspecified atom stereocenters. The Hall–Kier alpha value is -1.09. The van der Waals surface area contributed by atoms with E-state index in [1.807, 2.05) is 19.3 Å². The van der Waals surface area contributed by atoms with Crippen LogP contribution in [0.2, 0.25) is 0 Å². The predicted molar refractivity (Wildman–Crippen MR) is 83.3 cm³/mol. The number of pyridine rings is 1. The van der Waals surface area contributed by atoms with Gasteiger partial charge in [0.2, 0.25) is 0 Å². The van der Waals surface area contributed by atoms with E-state index in [2.05, 4.69) is 23.3 Å². The lowest BCUT2D eigenvalue weighted by Gasteiger charge is -2.26. The molecule has 3 nitrogen and oxygen atoms in total. The summed E-state index contributed by atoms with van der Waals surface area (Å²) in [5.41, 5.74) is 1.36. The molecule has 112 valence electrons. The van der Waals surface area contributed by atoms with Crippen LogP contribution in [0.25, 0.3) is 0 Å². The van der Waals surface area contributed by atoms with Gasteiger partial charge in [-0.05, 0) is 56.3 Å². The second-order valence-corrected chi connectivity index (χ2v) is 5.70. The van der Waals surface area contributed by atoms with Gasteiger partial charge in [-0.2, -0.15) is 0 Å². The van der Waals surface area contributed by atoms with Gasteiger partial charge < -0.3 is 10.1 Å². The van der Waals surface area contributed by atoms with E-state index in [0.717, 1.165) is 24.8 Å². The largest absolute Gasteiger partial charge is 0.492 e. The Kier molecular flexibility index (Phi) is 6.31. The summed E-state index contributed by atoms with van der Waals surface area (Å²) in [7, 11) is 0. The quantitative estimate of drug-likeness (QED) is 0.803. The van der Waals surface area contributed by atoms with Gasteiger partial charge in [0.1, 0.15) is 5.75 Å². The van der Waals surface area contributed by atoms with Gasteiger partial charge in [0.15, 0.2) is 0 Å². The van der Waals surface area contributed by atoms with Crippen molar-refractivity contribution in [3.8, 4) is 5.75 Å². The third kappa shape index (κ3) is 4.20. The maximum atomic E-state index is 5.61. The summed E-state index contributed by atoms with van der Waals surface area (Å²) in [6, 6.07) is 2.20. The zero-order chi connectivity index (χ0) is 14.2. The number of ether oxygens (including phenoxy) is 1. The Morgan fingerprint density at radius 2 is 2.05 bits per heavy atom. The number of nitrogens with one attached hydrogen (secondary N) is 1. The maximum absolute atomic E-state index is 5.61. The Morgan fingerprint density at radius 1 is 1.20 bits per heavy atom. The number of hydrogen-bond donors (Lipinski definition) is 1. The van der Waals surface area contributed by atoms with Crippen LogP contribution in [-0.4, -0.2) is 24.7 Å². The molecule has 1 saturated carbocycles. The van der Waals surface area contributed by atoms with Crippen LogP contribution in [0.3, 0.4) is 0 Å². The highest BCUT2D eigenvalue weighted by Crippen LogP contribution is 2.36. The van der Waals surface area contributed by atoms with Crippen LogP contribution in [0, 0.1) is 5.92 Å². The topological polar surface area (TPSA) is 34.2 Å². The molecule has 0 aromatic carbocycles. The second-order valence-electron chi connectivity index (χ2n) is 5.70. The fraction of sp³-hybridized carbons (Fsp3) is 0.706. The molecular formula is C17H28N2O. The molecule has 3 heteroatoms. The number of rotatable bonds is 6. The van der Waals surface area contributed by atoms with Gasteiger partial charge in [0.05, 0.1) is 12.8 Å². The van der Waals surface area contributed by atoms with Gasteiger partial charge in [-0.1, -0.05) is 26.2 Å². The molecule has 0 radical (unpaired) electrons. The molecule has 2 atom stereocenters. The van der Waals surface area contributed by atoms with E-state index < -0.39 is 0 Å². The first-order valence-electron chi connectivity index (χ1n) is 8.13. The van der Waals surface area contributed by atoms with Gasteiger partial charge >= 0.3 is 0 Å². The molecule has 0 saturated heterocycles. The molecule has 1 fully saturated rings. The van der Waals surface area contributed by atoms with Gasteiger partial charge in [-0.3, -0.25) is 4.98 Å². The fourth-order valence-electron chi connectivity index (χ4n) is 3.28. The lowest BCUT2D eigenvalue weighted by atomic mass is 9.83. The van der Waals surface area contributed by atoms with Crippen LogP contribution >= 0.6 is 0 Å². The number of nitrogens with zero attached hydrogens (tertiary/aromatic N) is 1. The van der Waals surface area contributed by atoms with E-state index in [4.69, 9.17) is 4.74 Å². The van der Waals surface area contributed by atoms with E-state index in [-0.39, 0.29) is 0 Å². The Morgan fingerprint density at radius 3 is 2.85 bits per heavy atom. The summed E-state index contributed by atoms with van der Waals surface area (Å²) in [5.74, 6) is 2.28. The summed E-state index contributed by atoms with van der Waals surface area (Å²) in [6.45, 7) is 7.09. The van der Waals surface area contributed by atoms with Crippen LogP contribution in [0.1, 0.15) is 57.4 Å². The fourth-order valence-corrected chi connectivity index (χ4v) is 3.28. The lowest BCUT2D eigenvalue weighted by molar-refractivity contribution is 0.335. The average molecular weight is 276 g/mol. The first-order valence-corrected chi connectivity index (χ1v) is 8.13. The maximum Gasteiger partial charge on any atom is 0.137 e. The minimum Gasteiger partial charge on any atom is -0.492 e. The number of hydrogen-bond acceptors (Lipinski definition) is 3. The van der Waals surface area contributed by atoms with Gasteiger partial charge in [0.25, 0.3) is 0 Å². The Bertz CT molecular complexity index is 394. The van der Waals surface area contributed by atoms with Crippen molar-refractivity contribution in [2.24, 2.45) is 5.92 Å². The van der Waals surface area contributed by atoms with Crippen molar-refractivity contribution < 1.29 is 4.74 Å². The van der Waals surface area contributed by atoms with E-state index in [9.17, 15) is 0 Å². The van der Waals surface area contributed by atoms with Crippen molar-refractivity contribution >= 4 is 0 Å². The third-order valence-corrected chi connectivity index (χ3v) is 4.29. The van der Waals surface area contributed by atoms with Gasteiger partial charge in [-0.25, -0.2) is 0 Å². The van der Waals surface area contributed by atoms with Crippen molar-refractivity contribution in [1.29, 1.82) is 0 Å². The molecule has 0 bridgehead atoms. The van der Waals surface area contributed by atoms with E-state index in [0.29, 0.717) is 12.5 Å². The summed E-state index contributed by atoms with van der Waals surface area (Å²) in [6.07, 6.45) is 10.6.